The zero-order chi connectivity index (χ0) is 37.3. The molecule has 0 bridgehead atoms. The highest BCUT2D eigenvalue weighted by molar-refractivity contribution is 5.98. The van der Waals surface area contributed by atoms with Gasteiger partial charge in [0.05, 0.1) is 34.3 Å². The number of hydrogen-bond acceptors (Lipinski definition) is 11. The van der Waals surface area contributed by atoms with Gasteiger partial charge in [-0.25, -0.2) is 9.97 Å². The Morgan fingerprint density at radius 3 is 1.62 bits per heavy atom. The summed E-state index contributed by atoms with van der Waals surface area (Å²) in [7, 11) is 0. The van der Waals surface area contributed by atoms with Crippen molar-refractivity contribution in [3.05, 3.63) is 97.1 Å². The third kappa shape index (κ3) is 7.06. The van der Waals surface area contributed by atoms with E-state index in [0.717, 1.165) is 92.5 Å². The molecule has 2 aliphatic rings. The Kier molecular flexibility index (Phi) is 9.28. The number of benzene rings is 4. The number of aromatic nitrogens is 8. The fraction of sp³-hybridized carbons (Fsp3) is 0.286. The summed E-state index contributed by atoms with van der Waals surface area (Å²) < 4.78 is 5.86. The van der Waals surface area contributed by atoms with Crippen LogP contribution in [0.5, 0.6) is 0 Å². The van der Waals surface area contributed by atoms with Crippen LogP contribution in [0.1, 0.15) is 40.0 Å². The van der Waals surface area contributed by atoms with Crippen molar-refractivity contribution >= 4 is 78.8 Å². The fourth-order valence-electron chi connectivity index (χ4n) is 7.67. The molecule has 0 spiro atoms. The molecule has 4 aromatic heterocycles. The molecule has 2 aliphatic heterocycles. The second-order valence-corrected chi connectivity index (χ2v) is 14.5. The Hall–Kier alpha value is -6.34. The monoisotopic (exact) mass is 732 g/mol. The van der Waals surface area contributed by atoms with Crippen molar-refractivity contribution in [2.24, 2.45) is 0 Å². The molecule has 6 heterocycles. The molecule has 0 aliphatic carbocycles. The maximum absolute atomic E-state index is 5.86. The molecular weight excluding hydrogens is 689 g/mol. The van der Waals surface area contributed by atoms with Gasteiger partial charge in [-0.1, -0.05) is 48.5 Å². The van der Waals surface area contributed by atoms with E-state index in [2.05, 4.69) is 73.7 Å². The summed E-state index contributed by atoms with van der Waals surface area (Å²) in [6.07, 6.45) is 3.93. The van der Waals surface area contributed by atoms with Crippen LogP contribution in [0.25, 0.3) is 43.6 Å². The predicted octanol–water partition coefficient (Wildman–Crippen LogP) is 8.49. The number of H-pyrrole nitrogens is 2. The molecule has 13 heteroatoms. The van der Waals surface area contributed by atoms with Crippen LogP contribution in [0.4, 0.5) is 35.2 Å². The lowest BCUT2D eigenvalue weighted by Gasteiger charge is -2.35. The summed E-state index contributed by atoms with van der Waals surface area (Å²) in [6.45, 7) is 8.97. The first-order chi connectivity index (χ1) is 27.0. The molecule has 3 unspecified atom stereocenters. The van der Waals surface area contributed by atoms with Crippen LogP contribution in [0.2, 0.25) is 0 Å². The van der Waals surface area contributed by atoms with Crippen LogP contribution in [0.15, 0.2) is 97.1 Å². The van der Waals surface area contributed by atoms with Gasteiger partial charge in [-0.15, -0.1) is 0 Å². The molecule has 278 valence electrons. The van der Waals surface area contributed by atoms with E-state index in [1.807, 2.05) is 84.9 Å². The molecule has 55 heavy (non-hydrogen) atoms. The first kappa shape index (κ1) is 34.4. The van der Waals surface area contributed by atoms with Gasteiger partial charge in [0.25, 0.3) is 0 Å². The van der Waals surface area contributed by atoms with E-state index in [-0.39, 0.29) is 12.2 Å². The summed E-state index contributed by atoms with van der Waals surface area (Å²) in [5.41, 5.74) is 3.84. The highest BCUT2D eigenvalue weighted by Gasteiger charge is 2.26. The zero-order valence-corrected chi connectivity index (χ0v) is 31.2. The summed E-state index contributed by atoms with van der Waals surface area (Å²) in [5, 5.41) is 25.9. The van der Waals surface area contributed by atoms with Crippen LogP contribution in [-0.2, 0) is 4.74 Å². The Morgan fingerprint density at radius 1 is 0.564 bits per heavy atom. The standard InChI is InChI=1S/C21H22N6O.C21H22N6/c1-13-11-27(12-14(2)28-13)21-22-17-9-5-3-7-15(17)19(24-21)23-20-16-8-4-6-10-18(16)25-26-20;1-14-8-6-7-13-27(14)21-22-17-11-4-2-9-15(17)19(24-21)23-20-16-10-3-5-12-18(16)25-26-20/h3-10,13-14H,11-12H2,1-2H3,(H2,22,23,24,25,26);2-5,9-12,14H,6-8,13H2,1H3,(H2,22,23,24,25,26). The molecule has 8 aromatic rings. The van der Waals surface area contributed by atoms with Gasteiger partial charge in [-0.3, -0.25) is 10.2 Å². The minimum Gasteiger partial charge on any atom is -0.372 e. The number of nitrogens with one attached hydrogen (secondary N) is 4. The SMILES string of the molecule is CC1CCCCN1c1nc(Nc2n[nH]c3ccccc23)c2ccccc2n1.CC1CN(c2nc(Nc3n[nH]c4ccccc34)c3ccccc3n2)CC(C)O1. The molecule has 10 rings (SSSR count). The lowest BCUT2D eigenvalue weighted by atomic mass is 10.0. The number of nitrogens with zero attached hydrogens (tertiary/aromatic N) is 8. The lowest BCUT2D eigenvalue weighted by molar-refractivity contribution is -0.00569. The third-order valence-corrected chi connectivity index (χ3v) is 10.4. The Morgan fingerprint density at radius 2 is 1.05 bits per heavy atom. The average molecular weight is 733 g/mol. The molecule has 3 atom stereocenters. The molecule has 2 fully saturated rings. The van der Waals surface area contributed by atoms with Gasteiger partial charge in [-0.2, -0.15) is 20.2 Å². The van der Waals surface area contributed by atoms with Gasteiger partial charge in [0.1, 0.15) is 11.6 Å². The lowest BCUT2D eigenvalue weighted by Crippen LogP contribution is -2.46. The van der Waals surface area contributed by atoms with Gasteiger partial charge < -0.3 is 25.2 Å². The van der Waals surface area contributed by atoms with E-state index < -0.39 is 0 Å². The molecule has 0 radical (unpaired) electrons. The van der Waals surface area contributed by atoms with Gasteiger partial charge in [0, 0.05) is 47.2 Å². The predicted molar refractivity (Wildman–Crippen MR) is 221 cm³/mol. The Balaban J connectivity index is 0.000000144. The minimum atomic E-state index is 0.144. The van der Waals surface area contributed by atoms with Crippen molar-refractivity contribution in [1.29, 1.82) is 0 Å². The number of piperidine rings is 1. The molecule has 13 nitrogen and oxygen atoms in total. The van der Waals surface area contributed by atoms with Crippen LogP contribution in [0, 0.1) is 0 Å². The molecule has 4 N–H and O–H groups in total. The van der Waals surface area contributed by atoms with Crippen LogP contribution in [-0.4, -0.2) is 78.2 Å². The number of morpholine rings is 1. The summed E-state index contributed by atoms with van der Waals surface area (Å²) >= 11 is 0. The summed E-state index contributed by atoms with van der Waals surface area (Å²) in [4.78, 5) is 24.0. The fourth-order valence-corrected chi connectivity index (χ4v) is 7.67. The second-order valence-electron chi connectivity index (χ2n) is 14.5. The largest absolute Gasteiger partial charge is 0.372 e. The normalized spacial score (nSPS) is 18.8. The first-order valence-corrected chi connectivity index (χ1v) is 19.1. The number of ether oxygens (including phenoxy) is 1. The summed E-state index contributed by atoms with van der Waals surface area (Å²) in [6, 6.07) is 32.8. The van der Waals surface area contributed by atoms with Crippen molar-refractivity contribution in [1.82, 2.24) is 40.3 Å². The maximum Gasteiger partial charge on any atom is 0.228 e. The highest BCUT2D eigenvalue weighted by atomic mass is 16.5. The van der Waals surface area contributed by atoms with E-state index in [9.17, 15) is 0 Å². The topological polar surface area (TPSA) is 149 Å². The van der Waals surface area contributed by atoms with Crippen molar-refractivity contribution in [2.45, 2.75) is 58.3 Å². The van der Waals surface area contributed by atoms with Gasteiger partial charge in [-0.05, 0) is 88.6 Å². The van der Waals surface area contributed by atoms with Gasteiger partial charge in [0.15, 0.2) is 11.6 Å². The smallest absolute Gasteiger partial charge is 0.228 e. The van der Waals surface area contributed by atoms with Crippen molar-refractivity contribution < 1.29 is 4.74 Å². The number of rotatable bonds is 6. The first-order valence-electron chi connectivity index (χ1n) is 19.1. The van der Waals surface area contributed by atoms with E-state index in [1.54, 1.807) is 0 Å². The average Bonchev–Trinajstić information content (AvgIpc) is 3.82. The van der Waals surface area contributed by atoms with E-state index in [0.29, 0.717) is 12.0 Å². The second kappa shape index (κ2) is 14.8. The number of anilines is 6. The van der Waals surface area contributed by atoms with E-state index in [1.165, 1.54) is 19.3 Å². The van der Waals surface area contributed by atoms with Gasteiger partial charge in [0.2, 0.25) is 11.9 Å². The van der Waals surface area contributed by atoms with E-state index in [4.69, 9.17) is 24.7 Å². The van der Waals surface area contributed by atoms with Crippen LogP contribution >= 0.6 is 0 Å². The highest BCUT2D eigenvalue weighted by Crippen LogP contribution is 2.32. The van der Waals surface area contributed by atoms with Crippen molar-refractivity contribution in [3.63, 3.8) is 0 Å². The summed E-state index contributed by atoms with van der Waals surface area (Å²) in [5.74, 6) is 4.60. The zero-order valence-electron chi connectivity index (χ0n) is 31.2. The Labute approximate surface area is 318 Å². The Bertz CT molecular complexity index is 2590. The molecule has 4 aromatic carbocycles. The van der Waals surface area contributed by atoms with E-state index >= 15 is 0 Å². The van der Waals surface area contributed by atoms with Crippen LogP contribution < -0.4 is 20.4 Å². The van der Waals surface area contributed by atoms with Gasteiger partial charge >= 0.3 is 0 Å². The number of aromatic amines is 2. The quantitative estimate of drug-likeness (QED) is 0.130. The number of fused-ring (bicyclic) bond motifs is 4. The van der Waals surface area contributed by atoms with Crippen molar-refractivity contribution in [2.75, 3.05) is 40.1 Å². The molecule has 0 saturated carbocycles. The maximum atomic E-state index is 5.86. The molecule has 0 amide bonds. The third-order valence-electron chi connectivity index (χ3n) is 10.4. The number of para-hydroxylation sites is 4. The molecular formula is C42H44N12O. The van der Waals surface area contributed by atoms with Crippen molar-refractivity contribution in [3.8, 4) is 0 Å². The minimum absolute atomic E-state index is 0.144. The molecule has 2 saturated heterocycles. The van der Waals surface area contributed by atoms with Crippen LogP contribution in [0.3, 0.4) is 0 Å². The number of hydrogen-bond donors (Lipinski definition) is 4.